The standard InChI is InChI=1S/C28H29NO5S/c1-17(2)26(30)24-25(21-7-5-6-8-22(21)34-16-15-33-4)29(28(32)27(24)31)20-12-10-19(11-13-20)23-14-9-18(3)35-23/h5-14,17,25,31H,15-16H2,1-4H3/t25-/m1/s1. The number of amides is 1. The van der Waals surface area contributed by atoms with Crippen LogP contribution in [0.25, 0.3) is 10.4 Å². The molecule has 0 radical (unpaired) electrons. The van der Waals surface area contributed by atoms with E-state index in [-0.39, 0.29) is 11.4 Å². The highest BCUT2D eigenvalue weighted by Crippen LogP contribution is 2.45. The molecule has 182 valence electrons. The number of hydrogen-bond acceptors (Lipinski definition) is 6. The molecule has 4 rings (SSSR count). The predicted octanol–water partition coefficient (Wildman–Crippen LogP) is 5.87. The van der Waals surface area contributed by atoms with E-state index < -0.39 is 23.6 Å². The lowest BCUT2D eigenvalue weighted by molar-refractivity contribution is -0.119. The molecule has 1 N–H and O–H groups in total. The number of thiophene rings is 1. The number of carbonyl (C=O) groups excluding carboxylic acids is 2. The zero-order valence-corrected chi connectivity index (χ0v) is 21.1. The molecule has 0 saturated heterocycles. The highest BCUT2D eigenvalue weighted by atomic mass is 32.1. The second-order valence-corrected chi connectivity index (χ2v) is 9.98. The van der Waals surface area contributed by atoms with E-state index in [0.717, 1.165) is 10.4 Å². The molecule has 2 aromatic carbocycles. The lowest BCUT2D eigenvalue weighted by Gasteiger charge is -2.28. The summed E-state index contributed by atoms with van der Waals surface area (Å²) in [7, 11) is 1.59. The fourth-order valence-electron chi connectivity index (χ4n) is 4.18. The maximum atomic E-state index is 13.4. The number of ether oxygens (including phenoxy) is 2. The molecule has 0 aliphatic carbocycles. The van der Waals surface area contributed by atoms with Crippen LogP contribution in [0, 0.1) is 12.8 Å². The average molecular weight is 492 g/mol. The van der Waals surface area contributed by atoms with Crippen molar-refractivity contribution in [3.63, 3.8) is 0 Å². The number of rotatable bonds is 9. The Balaban J connectivity index is 1.79. The zero-order chi connectivity index (χ0) is 25.1. The molecule has 35 heavy (non-hydrogen) atoms. The van der Waals surface area contributed by atoms with Crippen molar-refractivity contribution in [2.75, 3.05) is 25.2 Å². The lowest BCUT2D eigenvalue weighted by atomic mass is 9.90. The van der Waals surface area contributed by atoms with E-state index in [4.69, 9.17) is 9.47 Å². The molecular formula is C28H29NO5S. The van der Waals surface area contributed by atoms with Crippen molar-refractivity contribution in [2.45, 2.75) is 26.8 Å². The van der Waals surface area contributed by atoms with Crippen molar-refractivity contribution in [2.24, 2.45) is 5.92 Å². The van der Waals surface area contributed by atoms with Gasteiger partial charge in [-0.05, 0) is 42.8 Å². The summed E-state index contributed by atoms with van der Waals surface area (Å²) in [6, 6.07) is 18.2. The number of aliphatic hydroxyl groups is 1. The number of para-hydroxylation sites is 1. The molecule has 1 aliphatic rings. The van der Waals surface area contributed by atoms with Gasteiger partial charge in [0.05, 0.1) is 18.2 Å². The van der Waals surface area contributed by atoms with Crippen LogP contribution in [0.5, 0.6) is 5.75 Å². The SMILES string of the molecule is COCCOc1ccccc1[C@@H]1C(C(=O)C(C)C)=C(O)C(=O)N1c1ccc(-c2ccc(C)s2)cc1. The van der Waals surface area contributed by atoms with Gasteiger partial charge in [-0.15, -0.1) is 11.3 Å². The third-order valence-corrected chi connectivity index (χ3v) is 6.98. The normalized spacial score (nSPS) is 15.9. The smallest absolute Gasteiger partial charge is 0.294 e. The van der Waals surface area contributed by atoms with Crippen LogP contribution in [-0.4, -0.2) is 37.1 Å². The summed E-state index contributed by atoms with van der Waals surface area (Å²) >= 11 is 1.70. The van der Waals surface area contributed by atoms with Gasteiger partial charge in [0, 0.05) is 34.0 Å². The van der Waals surface area contributed by atoms with Gasteiger partial charge in [-0.1, -0.05) is 44.2 Å². The van der Waals surface area contributed by atoms with Gasteiger partial charge in [0.1, 0.15) is 12.4 Å². The second-order valence-electron chi connectivity index (χ2n) is 8.70. The maximum absolute atomic E-state index is 13.4. The maximum Gasteiger partial charge on any atom is 0.294 e. The highest BCUT2D eigenvalue weighted by molar-refractivity contribution is 7.15. The molecule has 1 atom stereocenters. The van der Waals surface area contributed by atoms with E-state index in [9.17, 15) is 14.7 Å². The number of methoxy groups -OCH3 is 1. The molecule has 0 unspecified atom stereocenters. The van der Waals surface area contributed by atoms with Crippen LogP contribution in [0.3, 0.4) is 0 Å². The Hall–Kier alpha value is -3.42. The third kappa shape index (κ3) is 4.88. The fourth-order valence-corrected chi connectivity index (χ4v) is 5.05. The van der Waals surface area contributed by atoms with Crippen LogP contribution in [0.2, 0.25) is 0 Å². The first-order chi connectivity index (χ1) is 16.8. The first-order valence-corrected chi connectivity index (χ1v) is 12.3. The summed E-state index contributed by atoms with van der Waals surface area (Å²) < 4.78 is 11.0. The molecule has 0 bridgehead atoms. The second kappa shape index (κ2) is 10.5. The van der Waals surface area contributed by atoms with Gasteiger partial charge in [-0.3, -0.25) is 14.5 Å². The Labute approximate surface area is 209 Å². The van der Waals surface area contributed by atoms with Gasteiger partial charge in [-0.25, -0.2) is 0 Å². The molecule has 1 aliphatic heterocycles. The van der Waals surface area contributed by atoms with E-state index in [1.807, 2.05) is 42.5 Å². The number of hydrogen-bond donors (Lipinski definition) is 1. The van der Waals surface area contributed by atoms with Crippen LogP contribution in [0.1, 0.15) is 30.3 Å². The third-order valence-electron chi connectivity index (χ3n) is 5.93. The van der Waals surface area contributed by atoms with Gasteiger partial charge in [0.2, 0.25) is 0 Å². The van der Waals surface area contributed by atoms with Crippen molar-refractivity contribution in [3.05, 3.63) is 82.4 Å². The fraction of sp³-hybridized carbons (Fsp3) is 0.286. The molecule has 3 aromatic rings. The Kier molecular flexibility index (Phi) is 7.38. The minimum absolute atomic E-state index is 0.0887. The van der Waals surface area contributed by atoms with Crippen molar-refractivity contribution in [1.29, 1.82) is 0 Å². The Morgan fingerprint density at radius 2 is 1.77 bits per heavy atom. The van der Waals surface area contributed by atoms with Gasteiger partial charge < -0.3 is 14.6 Å². The summed E-state index contributed by atoms with van der Waals surface area (Å²) in [5.41, 5.74) is 2.34. The molecule has 0 fully saturated rings. The average Bonchev–Trinajstić information content (AvgIpc) is 3.40. The molecule has 1 aromatic heterocycles. The van der Waals surface area contributed by atoms with E-state index in [1.165, 1.54) is 9.78 Å². The quantitative estimate of drug-likeness (QED) is 0.379. The van der Waals surface area contributed by atoms with Gasteiger partial charge in [-0.2, -0.15) is 0 Å². The molecule has 7 heteroatoms. The van der Waals surface area contributed by atoms with E-state index >= 15 is 0 Å². The number of ketones is 1. The number of carbonyl (C=O) groups is 2. The van der Waals surface area contributed by atoms with Crippen LogP contribution in [0.15, 0.2) is 72.0 Å². The number of anilines is 1. The number of benzene rings is 2. The van der Waals surface area contributed by atoms with Crippen LogP contribution in [0.4, 0.5) is 5.69 Å². The molecule has 0 spiro atoms. The van der Waals surface area contributed by atoms with E-state index in [0.29, 0.717) is 30.2 Å². The van der Waals surface area contributed by atoms with Gasteiger partial charge >= 0.3 is 0 Å². The molecule has 0 saturated carbocycles. The van der Waals surface area contributed by atoms with Gasteiger partial charge in [0.25, 0.3) is 5.91 Å². The zero-order valence-electron chi connectivity index (χ0n) is 20.3. The van der Waals surface area contributed by atoms with Crippen LogP contribution < -0.4 is 9.64 Å². The first kappa shape index (κ1) is 24.7. The molecule has 1 amide bonds. The number of aryl methyl sites for hydroxylation is 1. The minimum Gasteiger partial charge on any atom is -0.503 e. The predicted molar refractivity (Wildman–Crippen MR) is 138 cm³/mol. The monoisotopic (exact) mass is 491 g/mol. The minimum atomic E-state index is -0.814. The lowest BCUT2D eigenvalue weighted by Crippen LogP contribution is -2.31. The number of nitrogens with zero attached hydrogens (tertiary/aromatic N) is 1. The molecule has 2 heterocycles. The summed E-state index contributed by atoms with van der Waals surface area (Å²) in [5.74, 6) is -1.26. The first-order valence-electron chi connectivity index (χ1n) is 11.5. The van der Waals surface area contributed by atoms with Crippen LogP contribution in [-0.2, 0) is 14.3 Å². The molecular weight excluding hydrogens is 462 g/mol. The number of aliphatic hydroxyl groups excluding tert-OH is 1. The van der Waals surface area contributed by atoms with E-state index in [2.05, 4.69) is 19.1 Å². The Bertz CT molecular complexity index is 1260. The summed E-state index contributed by atoms with van der Waals surface area (Å²) in [6.45, 7) is 6.28. The Morgan fingerprint density at radius 3 is 2.40 bits per heavy atom. The number of Topliss-reactive ketones (excluding diaryl/α,β-unsaturated/α-hetero) is 1. The van der Waals surface area contributed by atoms with Crippen LogP contribution >= 0.6 is 11.3 Å². The van der Waals surface area contributed by atoms with Crippen molar-refractivity contribution >= 4 is 28.7 Å². The largest absolute Gasteiger partial charge is 0.503 e. The molecule has 6 nitrogen and oxygen atoms in total. The topological polar surface area (TPSA) is 76.1 Å². The summed E-state index contributed by atoms with van der Waals surface area (Å²) in [4.78, 5) is 30.4. The van der Waals surface area contributed by atoms with E-state index in [1.54, 1.807) is 38.4 Å². The van der Waals surface area contributed by atoms with Crippen molar-refractivity contribution in [1.82, 2.24) is 0 Å². The Morgan fingerprint density at radius 1 is 1.06 bits per heavy atom. The highest BCUT2D eigenvalue weighted by Gasteiger charge is 2.45. The van der Waals surface area contributed by atoms with Crippen molar-refractivity contribution < 1.29 is 24.2 Å². The van der Waals surface area contributed by atoms with Gasteiger partial charge in [0.15, 0.2) is 11.5 Å². The summed E-state index contributed by atoms with van der Waals surface area (Å²) in [6.07, 6.45) is 0. The summed E-state index contributed by atoms with van der Waals surface area (Å²) in [5, 5.41) is 10.9. The van der Waals surface area contributed by atoms with Crippen molar-refractivity contribution in [3.8, 4) is 16.2 Å².